The number of halogens is 1. The number of rotatable bonds is 9. The van der Waals surface area contributed by atoms with Crippen LogP contribution in [0.5, 0.6) is 0 Å². The zero-order chi connectivity index (χ0) is 27.4. The van der Waals surface area contributed by atoms with Crippen molar-refractivity contribution in [2.45, 2.75) is 58.4 Å². The second-order valence-corrected chi connectivity index (χ2v) is 10.8. The molecule has 37 heavy (non-hydrogen) atoms. The van der Waals surface area contributed by atoms with Gasteiger partial charge < -0.3 is 25.0 Å². The van der Waals surface area contributed by atoms with Gasteiger partial charge >= 0.3 is 6.09 Å². The number of hydrogen-bond donors (Lipinski definition) is 2. The highest BCUT2D eigenvalue weighted by molar-refractivity contribution is 6.33. The minimum Gasteiger partial charge on any atom is -0.444 e. The topological polar surface area (TPSA) is 110 Å². The van der Waals surface area contributed by atoms with E-state index in [-0.39, 0.29) is 6.61 Å². The van der Waals surface area contributed by atoms with Crippen LogP contribution in [-0.4, -0.2) is 58.4 Å². The molecule has 0 fully saturated rings. The number of carbonyl (C=O) groups is 2. The molecule has 2 amide bonds. The molecule has 0 aliphatic rings. The summed E-state index contributed by atoms with van der Waals surface area (Å²) in [6.45, 7) is 8.89. The van der Waals surface area contributed by atoms with E-state index < -0.39 is 29.2 Å². The van der Waals surface area contributed by atoms with E-state index in [4.69, 9.17) is 21.1 Å². The van der Waals surface area contributed by atoms with Crippen LogP contribution in [-0.2, 0) is 20.9 Å². The van der Waals surface area contributed by atoms with Gasteiger partial charge in [-0.3, -0.25) is 9.20 Å². The predicted molar refractivity (Wildman–Crippen MR) is 143 cm³/mol. The molecule has 0 aliphatic heterocycles. The van der Waals surface area contributed by atoms with Crippen LogP contribution in [0.2, 0.25) is 5.02 Å². The Morgan fingerprint density at radius 1 is 1.05 bits per heavy atom. The van der Waals surface area contributed by atoms with Crippen molar-refractivity contribution >= 4 is 35.1 Å². The van der Waals surface area contributed by atoms with Crippen molar-refractivity contribution in [3.63, 3.8) is 0 Å². The van der Waals surface area contributed by atoms with Crippen molar-refractivity contribution < 1.29 is 19.1 Å². The standard InChI is InChI=1S/C26H35ClN6O4/c1-25(2,3)37-24(35)29-26(4,5)23(34)28-19(16-36-15-17-11-9-8-10-12-17)21-31-30-20-14-13-18(27)22(32(6)7)33(20)21/h8-14,19H,15-16H2,1-7H3,(H,28,34)(H,29,35)/t19-/m1/s1. The fraction of sp³-hybridized carbons (Fsp3) is 0.462. The van der Waals surface area contributed by atoms with Crippen LogP contribution in [0.15, 0.2) is 42.5 Å². The first kappa shape index (κ1) is 28.2. The van der Waals surface area contributed by atoms with Crippen LogP contribution in [0.3, 0.4) is 0 Å². The Hall–Kier alpha value is -3.37. The maximum Gasteiger partial charge on any atom is 0.408 e. The van der Waals surface area contributed by atoms with Crippen LogP contribution in [0.25, 0.3) is 5.65 Å². The first-order chi connectivity index (χ1) is 17.3. The van der Waals surface area contributed by atoms with Crippen molar-refractivity contribution in [2.75, 3.05) is 25.6 Å². The summed E-state index contributed by atoms with van der Waals surface area (Å²) in [5, 5.41) is 14.8. The molecule has 10 nitrogen and oxygen atoms in total. The highest BCUT2D eigenvalue weighted by Crippen LogP contribution is 2.28. The monoisotopic (exact) mass is 530 g/mol. The van der Waals surface area contributed by atoms with Crippen molar-refractivity contribution in [3.8, 4) is 0 Å². The normalized spacial score (nSPS) is 12.8. The minimum absolute atomic E-state index is 0.101. The number of pyridine rings is 1. The summed E-state index contributed by atoms with van der Waals surface area (Å²) < 4.78 is 13.1. The molecule has 0 spiro atoms. The summed E-state index contributed by atoms with van der Waals surface area (Å²) in [5.74, 6) is 0.653. The number of alkyl carbamates (subject to hydrolysis) is 1. The van der Waals surface area contributed by atoms with Gasteiger partial charge in [0, 0.05) is 14.1 Å². The number of anilines is 1. The molecular formula is C26H35ClN6O4. The Labute approximate surface area is 222 Å². The number of carbonyl (C=O) groups excluding carboxylic acids is 2. The van der Waals surface area contributed by atoms with E-state index >= 15 is 0 Å². The summed E-state index contributed by atoms with van der Waals surface area (Å²) in [4.78, 5) is 27.6. The minimum atomic E-state index is -1.29. The fourth-order valence-electron chi connectivity index (χ4n) is 3.61. The largest absolute Gasteiger partial charge is 0.444 e. The second-order valence-electron chi connectivity index (χ2n) is 10.4. The third-order valence-corrected chi connectivity index (χ3v) is 5.63. The van der Waals surface area contributed by atoms with Crippen molar-refractivity contribution in [1.29, 1.82) is 0 Å². The highest BCUT2D eigenvalue weighted by atomic mass is 35.5. The molecule has 0 bridgehead atoms. The van der Waals surface area contributed by atoms with Gasteiger partial charge in [0.25, 0.3) is 0 Å². The zero-order valence-corrected chi connectivity index (χ0v) is 23.1. The van der Waals surface area contributed by atoms with Gasteiger partial charge in [-0.15, -0.1) is 10.2 Å². The molecule has 0 unspecified atom stereocenters. The van der Waals surface area contributed by atoms with Crippen molar-refractivity contribution in [1.82, 2.24) is 25.2 Å². The average Bonchev–Trinajstić information content (AvgIpc) is 3.20. The van der Waals surface area contributed by atoms with Gasteiger partial charge in [0.2, 0.25) is 5.91 Å². The second kappa shape index (κ2) is 11.4. The molecule has 1 atom stereocenters. The maximum atomic E-state index is 13.4. The summed E-state index contributed by atoms with van der Waals surface area (Å²) >= 11 is 6.51. The lowest BCUT2D eigenvalue weighted by Gasteiger charge is -2.29. The Kier molecular flexibility index (Phi) is 8.65. The number of ether oxygens (including phenoxy) is 2. The molecule has 0 radical (unpaired) electrons. The summed E-state index contributed by atoms with van der Waals surface area (Å²) in [7, 11) is 3.72. The number of benzene rings is 1. The van der Waals surface area contributed by atoms with Gasteiger partial charge in [0.15, 0.2) is 11.5 Å². The molecule has 11 heteroatoms. The van der Waals surface area contributed by atoms with Gasteiger partial charge in [-0.05, 0) is 52.3 Å². The molecule has 3 aromatic rings. The number of fused-ring (bicyclic) bond motifs is 1. The smallest absolute Gasteiger partial charge is 0.408 e. The quantitative estimate of drug-likeness (QED) is 0.428. The molecule has 0 saturated heterocycles. The first-order valence-corrected chi connectivity index (χ1v) is 12.3. The van der Waals surface area contributed by atoms with Gasteiger partial charge in [-0.2, -0.15) is 0 Å². The summed E-state index contributed by atoms with van der Waals surface area (Å²) in [6.07, 6.45) is -0.695. The van der Waals surface area contributed by atoms with E-state index in [0.717, 1.165) is 5.56 Å². The maximum absolute atomic E-state index is 13.4. The number of nitrogens with one attached hydrogen (secondary N) is 2. The van der Waals surface area contributed by atoms with Crippen LogP contribution in [0.1, 0.15) is 52.0 Å². The average molecular weight is 531 g/mol. The third-order valence-electron chi connectivity index (χ3n) is 5.34. The number of amides is 2. The van der Waals surface area contributed by atoms with E-state index in [1.165, 1.54) is 0 Å². The Morgan fingerprint density at radius 2 is 1.73 bits per heavy atom. The van der Waals surface area contributed by atoms with Gasteiger partial charge in [-0.1, -0.05) is 41.9 Å². The van der Waals surface area contributed by atoms with Gasteiger partial charge in [0.1, 0.15) is 23.0 Å². The SMILES string of the molecule is CN(C)c1c(Cl)ccc2nnc([C@@H](COCc3ccccc3)NC(=O)C(C)(C)NC(=O)OC(C)(C)C)n12. The Morgan fingerprint density at radius 3 is 2.35 bits per heavy atom. The van der Waals surface area contributed by atoms with E-state index in [9.17, 15) is 9.59 Å². The molecule has 2 aromatic heterocycles. The van der Waals surface area contributed by atoms with Crippen molar-refractivity contribution in [2.24, 2.45) is 0 Å². The molecule has 0 aliphatic carbocycles. The Bertz CT molecular complexity index is 1240. The highest BCUT2D eigenvalue weighted by Gasteiger charge is 2.34. The lowest BCUT2D eigenvalue weighted by molar-refractivity contribution is -0.127. The molecule has 1 aromatic carbocycles. The van der Waals surface area contributed by atoms with E-state index in [1.807, 2.05) is 49.3 Å². The summed E-state index contributed by atoms with van der Waals surface area (Å²) in [6, 6.07) is 12.5. The van der Waals surface area contributed by atoms with E-state index in [1.54, 1.807) is 51.2 Å². The third kappa shape index (κ3) is 7.33. The van der Waals surface area contributed by atoms with Gasteiger partial charge in [0.05, 0.1) is 18.2 Å². The number of nitrogens with zero attached hydrogens (tertiary/aromatic N) is 4. The number of hydrogen-bond acceptors (Lipinski definition) is 7. The summed E-state index contributed by atoms with van der Waals surface area (Å²) in [5.41, 5.74) is -0.436. The molecule has 200 valence electrons. The fourth-order valence-corrected chi connectivity index (χ4v) is 3.92. The molecule has 3 rings (SSSR count). The molecular weight excluding hydrogens is 496 g/mol. The van der Waals surface area contributed by atoms with Crippen LogP contribution >= 0.6 is 11.6 Å². The van der Waals surface area contributed by atoms with Crippen LogP contribution < -0.4 is 15.5 Å². The predicted octanol–water partition coefficient (Wildman–Crippen LogP) is 4.13. The van der Waals surface area contributed by atoms with E-state index in [0.29, 0.717) is 28.9 Å². The molecule has 2 heterocycles. The van der Waals surface area contributed by atoms with Crippen LogP contribution in [0.4, 0.5) is 10.6 Å². The first-order valence-electron chi connectivity index (χ1n) is 11.9. The lowest BCUT2D eigenvalue weighted by atomic mass is 10.0. The van der Waals surface area contributed by atoms with Crippen molar-refractivity contribution in [3.05, 3.63) is 58.9 Å². The lowest BCUT2D eigenvalue weighted by Crippen LogP contribution is -2.56. The molecule has 0 saturated carbocycles. The van der Waals surface area contributed by atoms with Gasteiger partial charge in [-0.25, -0.2) is 4.79 Å². The number of aromatic nitrogens is 3. The zero-order valence-electron chi connectivity index (χ0n) is 22.3. The molecule has 2 N–H and O–H groups in total. The van der Waals surface area contributed by atoms with Crippen LogP contribution in [0, 0.1) is 0 Å². The van der Waals surface area contributed by atoms with E-state index in [2.05, 4.69) is 20.8 Å². The Balaban J connectivity index is 1.90.